The molecule has 1 atom stereocenters. The van der Waals surface area contributed by atoms with Crippen LogP contribution in [0.2, 0.25) is 0 Å². The predicted molar refractivity (Wildman–Crippen MR) is 100 cm³/mol. The van der Waals surface area contributed by atoms with Gasteiger partial charge < -0.3 is 0 Å². The summed E-state index contributed by atoms with van der Waals surface area (Å²) in [6.45, 7) is -1.78. The van der Waals surface area contributed by atoms with Crippen molar-refractivity contribution >= 4 is 23.8 Å². The van der Waals surface area contributed by atoms with E-state index in [9.17, 15) is 5.26 Å². The van der Waals surface area contributed by atoms with Crippen LogP contribution in [0.5, 0.6) is 0 Å². The molecule has 1 aliphatic heterocycles. The molecular formula is C21H16NP. The van der Waals surface area contributed by atoms with Crippen LogP contribution >= 0.6 is 6.89 Å². The number of nitrogens with zero attached hydrogens (tertiary/aromatic N) is 1. The van der Waals surface area contributed by atoms with Crippen molar-refractivity contribution < 1.29 is 0 Å². The zero-order chi connectivity index (χ0) is 15.9. The lowest BCUT2D eigenvalue weighted by atomic mass is 10.0. The van der Waals surface area contributed by atoms with Gasteiger partial charge in [-0.25, -0.2) is 0 Å². The Morgan fingerprint density at radius 2 is 1.61 bits per heavy atom. The van der Waals surface area contributed by atoms with Gasteiger partial charge in [0.1, 0.15) is 0 Å². The molecule has 3 aromatic carbocycles. The van der Waals surface area contributed by atoms with Crippen molar-refractivity contribution in [3.63, 3.8) is 0 Å². The molecule has 23 heavy (non-hydrogen) atoms. The molecule has 1 aliphatic rings. The second-order valence-electron chi connectivity index (χ2n) is 5.96. The van der Waals surface area contributed by atoms with E-state index in [0.717, 1.165) is 6.16 Å². The van der Waals surface area contributed by atoms with Crippen LogP contribution in [0.25, 0.3) is 11.1 Å². The standard InChI is InChI=1S/C21H16NP/c1-23(18-9-6-7-16(13-18)14-22)15-17-8-2-3-10-19(17)20-11-4-5-12-21(20)23/h2-13H,1,15H2. The molecule has 0 fully saturated rings. The average molecular weight is 313 g/mol. The van der Waals surface area contributed by atoms with E-state index in [1.54, 1.807) is 0 Å². The molecule has 0 aromatic heterocycles. The molecule has 0 radical (unpaired) electrons. The molecule has 0 aliphatic carbocycles. The van der Waals surface area contributed by atoms with E-state index in [2.05, 4.69) is 60.7 Å². The van der Waals surface area contributed by atoms with Crippen LogP contribution < -0.4 is 10.6 Å². The average Bonchev–Trinajstić information content (AvgIpc) is 2.62. The third-order valence-electron chi connectivity index (χ3n) is 4.58. The Hall–Kier alpha value is -2.55. The molecule has 0 spiro atoms. The first-order valence-electron chi connectivity index (χ1n) is 7.63. The Labute approximate surface area is 136 Å². The molecule has 1 nitrogen and oxygen atoms in total. The summed E-state index contributed by atoms with van der Waals surface area (Å²) in [5.74, 6) is 0. The first-order valence-corrected chi connectivity index (χ1v) is 9.79. The smallest absolute Gasteiger partial charge is 0.0991 e. The molecule has 1 heterocycles. The van der Waals surface area contributed by atoms with Gasteiger partial charge in [0.2, 0.25) is 0 Å². The van der Waals surface area contributed by atoms with Gasteiger partial charge in [-0.15, -0.1) is 0 Å². The van der Waals surface area contributed by atoms with Crippen molar-refractivity contribution in [3.05, 3.63) is 83.9 Å². The van der Waals surface area contributed by atoms with E-state index < -0.39 is 6.89 Å². The normalized spacial score (nSPS) is 18.6. The Bertz CT molecular complexity index is 994. The maximum atomic E-state index is 9.24. The van der Waals surface area contributed by atoms with Gasteiger partial charge in [-0.3, -0.25) is 0 Å². The van der Waals surface area contributed by atoms with Gasteiger partial charge in [0.25, 0.3) is 0 Å². The van der Waals surface area contributed by atoms with Gasteiger partial charge in [-0.2, -0.15) is 5.26 Å². The van der Waals surface area contributed by atoms with E-state index in [1.165, 1.54) is 27.3 Å². The third kappa shape index (κ3) is 2.15. The fourth-order valence-electron chi connectivity index (χ4n) is 3.44. The number of hydrogen-bond donors (Lipinski definition) is 0. The molecule has 4 rings (SSSR count). The van der Waals surface area contributed by atoms with Crippen LogP contribution in [-0.2, 0) is 6.16 Å². The van der Waals surface area contributed by atoms with Crippen LogP contribution in [0.15, 0.2) is 72.8 Å². The highest BCUT2D eigenvalue weighted by molar-refractivity contribution is 7.87. The van der Waals surface area contributed by atoms with Gasteiger partial charge in [0, 0.05) is 6.16 Å². The van der Waals surface area contributed by atoms with E-state index in [1.807, 2.05) is 18.2 Å². The molecule has 0 N–H and O–H groups in total. The van der Waals surface area contributed by atoms with Crippen LogP contribution in [0.4, 0.5) is 0 Å². The highest BCUT2D eigenvalue weighted by atomic mass is 31.2. The van der Waals surface area contributed by atoms with Crippen molar-refractivity contribution in [2.24, 2.45) is 0 Å². The third-order valence-corrected chi connectivity index (χ3v) is 8.04. The zero-order valence-corrected chi connectivity index (χ0v) is 13.6. The number of hydrogen-bond acceptors (Lipinski definition) is 1. The summed E-state index contributed by atoms with van der Waals surface area (Å²) < 4.78 is 0. The molecular weight excluding hydrogens is 297 g/mol. The van der Waals surface area contributed by atoms with Crippen molar-refractivity contribution in [2.45, 2.75) is 6.16 Å². The van der Waals surface area contributed by atoms with Crippen LogP contribution in [-0.4, -0.2) is 6.30 Å². The number of benzene rings is 3. The van der Waals surface area contributed by atoms with E-state index in [-0.39, 0.29) is 0 Å². The molecule has 0 bridgehead atoms. The maximum absolute atomic E-state index is 9.24. The minimum Gasteiger partial charge on any atom is -0.192 e. The Morgan fingerprint density at radius 1 is 0.870 bits per heavy atom. The largest absolute Gasteiger partial charge is 0.192 e. The SMILES string of the molecule is C=P1(c2cccc(C#N)c2)Cc2ccccc2-c2ccccc21. The van der Waals surface area contributed by atoms with E-state index >= 15 is 0 Å². The fourth-order valence-corrected chi connectivity index (χ4v) is 6.72. The highest BCUT2D eigenvalue weighted by Crippen LogP contribution is 2.53. The lowest BCUT2D eigenvalue weighted by Crippen LogP contribution is -2.23. The Balaban J connectivity index is 2.01. The minimum atomic E-state index is -1.78. The van der Waals surface area contributed by atoms with Crippen molar-refractivity contribution in [1.29, 1.82) is 5.26 Å². The Kier molecular flexibility index (Phi) is 3.22. The number of fused-ring (bicyclic) bond motifs is 3. The van der Waals surface area contributed by atoms with Gasteiger partial charge in [-0.1, -0.05) is 73.8 Å². The molecule has 1 unspecified atom stereocenters. The van der Waals surface area contributed by atoms with Crippen LogP contribution in [0.1, 0.15) is 11.1 Å². The molecule has 3 aromatic rings. The van der Waals surface area contributed by atoms with Crippen molar-refractivity contribution in [1.82, 2.24) is 0 Å². The topological polar surface area (TPSA) is 23.8 Å². The monoisotopic (exact) mass is 313 g/mol. The van der Waals surface area contributed by atoms with E-state index in [0.29, 0.717) is 5.56 Å². The lowest BCUT2D eigenvalue weighted by molar-refractivity contribution is 1.38. The molecule has 0 saturated carbocycles. The molecule has 2 heteroatoms. The molecule has 110 valence electrons. The first kappa shape index (κ1) is 14.1. The van der Waals surface area contributed by atoms with Crippen LogP contribution in [0, 0.1) is 11.3 Å². The number of rotatable bonds is 1. The van der Waals surface area contributed by atoms with Gasteiger partial charge in [0.05, 0.1) is 11.6 Å². The summed E-state index contributed by atoms with van der Waals surface area (Å²) in [6, 6.07) is 27.4. The summed E-state index contributed by atoms with van der Waals surface area (Å²) in [6.07, 6.45) is 5.67. The first-order chi connectivity index (χ1) is 11.2. The van der Waals surface area contributed by atoms with Crippen molar-refractivity contribution in [3.8, 4) is 17.2 Å². The van der Waals surface area contributed by atoms with Gasteiger partial charge in [0.15, 0.2) is 0 Å². The second kappa shape index (κ2) is 5.27. The maximum Gasteiger partial charge on any atom is 0.0991 e. The fraction of sp³-hybridized carbons (Fsp3) is 0.0476. The molecule has 0 amide bonds. The highest BCUT2D eigenvalue weighted by Gasteiger charge is 2.29. The number of nitriles is 1. The van der Waals surface area contributed by atoms with Gasteiger partial charge >= 0.3 is 0 Å². The lowest BCUT2D eigenvalue weighted by Gasteiger charge is -2.33. The second-order valence-corrected chi connectivity index (χ2v) is 9.21. The summed E-state index contributed by atoms with van der Waals surface area (Å²) in [4.78, 5) is 0. The summed E-state index contributed by atoms with van der Waals surface area (Å²) in [7, 11) is 0. The predicted octanol–water partition coefficient (Wildman–Crippen LogP) is 4.14. The summed E-state index contributed by atoms with van der Waals surface area (Å²) >= 11 is 0. The zero-order valence-electron chi connectivity index (χ0n) is 12.7. The quantitative estimate of drug-likeness (QED) is 0.619. The Morgan fingerprint density at radius 3 is 2.43 bits per heavy atom. The van der Waals surface area contributed by atoms with Crippen LogP contribution in [0.3, 0.4) is 0 Å². The summed E-state index contributed by atoms with van der Waals surface area (Å²) in [5, 5.41) is 11.8. The van der Waals surface area contributed by atoms with Gasteiger partial charge in [-0.05, 0) is 39.4 Å². The summed E-state index contributed by atoms with van der Waals surface area (Å²) in [5.41, 5.74) is 4.68. The van der Waals surface area contributed by atoms with E-state index in [4.69, 9.17) is 6.30 Å². The van der Waals surface area contributed by atoms with Crippen molar-refractivity contribution in [2.75, 3.05) is 0 Å². The molecule has 0 saturated heterocycles. The minimum absolute atomic E-state index is 0.710.